The lowest BCUT2D eigenvalue weighted by Gasteiger charge is -2.45. The lowest BCUT2D eigenvalue weighted by molar-refractivity contribution is 0.332. The number of benzene rings is 6. The quantitative estimate of drug-likeness (QED) is 0.164. The van der Waals surface area contributed by atoms with E-state index in [1.54, 1.807) is 0 Å². The molecule has 0 atom stereocenters. The maximum absolute atomic E-state index is 2.68. The Hall–Kier alpha value is -5.06. The molecule has 0 spiro atoms. The van der Waals surface area contributed by atoms with Crippen molar-refractivity contribution < 1.29 is 0 Å². The van der Waals surface area contributed by atoms with E-state index in [-0.39, 0.29) is 33.8 Å². The summed E-state index contributed by atoms with van der Waals surface area (Å²) in [5, 5.41) is 1.33. The molecule has 3 heterocycles. The zero-order valence-electron chi connectivity index (χ0n) is 40.3. The Balaban J connectivity index is 1.28. The van der Waals surface area contributed by atoms with Crippen LogP contribution in [0.3, 0.4) is 0 Å². The summed E-state index contributed by atoms with van der Waals surface area (Å²) in [6.07, 6.45) is 2.38. The second-order valence-electron chi connectivity index (χ2n) is 23.5. The van der Waals surface area contributed by atoms with Gasteiger partial charge in [-0.2, -0.15) is 0 Å². The van der Waals surface area contributed by atoms with Crippen molar-refractivity contribution in [3.05, 3.63) is 149 Å². The third-order valence-corrected chi connectivity index (χ3v) is 16.1. The van der Waals surface area contributed by atoms with Crippen molar-refractivity contribution >= 4 is 78.0 Å². The lowest BCUT2D eigenvalue weighted by Crippen LogP contribution is -2.60. The van der Waals surface area contributed by atoms with Crippen LogP contribution in [0.4, 0.5) is 34.1 Å². The van der Waals surface area contributed by atoms with Gasteiger partial charge in [-0.3, -0.25) is 0 Å². The molecule has 4 heteroatoms. The van der Waals surface area contributed by atoms with Crippen molar-refractivity contribution in [3.63, 3.8) is 0 Å². The minimum absolute atomic E-state index is 0.00452. The molecule has 320 valence electrons. The van der Waals surface area contributed by atoms with Gasteiger partial charge in [0.15, 0.2) is 0 Å². The summed E-state index contributed by atoms with van der Waals surface area (Å²) >= 11 is 2.00. The summed E-state index contributed by atoms with van der Waals surface area (Å²) in [6, 6.07) is 45.7. The number of hydrogen-bond donors (Lipinski definition) is 0. The van der Waals surface area contributed by atoms with E-state index in [4.69, 9.17) is 0 Å². The molecule has 2 aliphatic heterocycles. The fraction of sp³-hybridized carbons (Fsp3) is 0.356. The van der Waals surface area contributed by atoms with Gasteiger partial charge in [-0.05, 0) is 157 Å². The molecule has 2 nitrogen and oxygen atoms in total. The third-order valence-electron chi connectivity index (χ3n) is 14.8. The maximum atomic E-state index is 2.68. The first-order chi connectivity index (χ1) is 29.5. The molecule has 0 fully saturated rings. The highest BCUT2D eigenvalue weighted by atomic mass is 32.1. The minimum Gasteiger partial charge on any atom is -0.311 e. The van der Waals surface area contributed by atoms with Crippen LogP contribution in [0.15, 0.2) is 115 Å². The largest absolute Gasteiger partial charge is 0.311 e. The molecule has 3 aliphatic rings. The number of nitrogens with zero attached hydrogens (tertiary/aromatic N) is 2. The van der Waals surface area contributed by atoms with Crippen LogP contribution in [0.5, 0.6) is 0 Å². The van der Waals surface area contributed by atoms with Crippen molar-refractivity contribution in [1.82, 2.24) is 0 Å². The first-order valence-corrected chi connectivity index (χ1v) is 24.2. The second kappa shape index (κ2) is 14.0. The molecular weight excluding hydrogens is 780 g/mol. The van der Waals surface area contributed by atoms with Crippen molar-refractivity contribution in [2.45, 2.75) is 137 Å². The summed E-state index contributed by atoms with van der Waals surface area (Å²) in [5.74, 6) is 0. The Bertz CT molecular complexity index is 2960. The Morgan fingerprint density at radius 3 is 1.67 bits per heavy atom. The maximum Gasteiger partial charge on any atom is 0.264 e. The van der Waals surface area contributed by atoms with Crippen LogP contribution in [0.2, 0.25) is 0 Å². The van der Waals surface area contributed by atoms with E-state index in [0.29, 0.717) is 0 Å². The van der Waals surface area contributed by atoms with Crippen LogP contribution in [0, 0.1) is 6.92 Å². The highest BCUT2D eigenvalue weighted by Crippen LogP contribution is 2.52. The number of hydrogen-bond acceptors (Lipinski definition) is 3. The van der Waals surface area contributed by atoms with E-state index in [2.05, 4.69) is 222 Å². The van der Waals surface area contributed by atoms with E-state index in [1.165, 1.54) is 117 Å². The van der Waals surface area contributed by atoms with Gasteiger partial charge in [0.25, 0.3) is 6.71 Å². The van der Waals surface area contributed by atoms with Gasteiger partial charge in [0, 0.05) is 43.3 Å². The SMILES string of the molecule is Cc1cc2c3c(c1)N(c1ccc4c(c1)C(C)(C)CCC4(C)C)c1c(sc4ccc(-c5ccc(C(C)(C)C)cc5)cc14)B3c1cc(C(C)(C)C)ccc1N2c1ccc(C(C)(C)C)cc1. The zero-order valence-corrected chi connectivity index (χ0v) is 41.1. The van der Waals surface area contributed by atoms with Crippen LogP contribution in [-0.4, -0.2) is 6.71 Å². The molecule has 0 N–H and O–H groups in total. The summed E-state index contributed by atoms with van der Waals surface area (Å²) in [5.41, 5.74) is 21.6. The van der Waals surface area contributed by atoms with Crippen LogP contribution >= 0.6 is 11.3 Å². The Morgan fingerprint density at radius 2 is 1.05 bits per heavy atom. The van der Waals surface area contributed by atoms with Crippen molar-refractivity contribution in [2.75, 3.05) is 9.80 Å². The molecule has 1 aliphatic carbocycles. The van der Waals surface area contributed by atoms with Gasteiger partial charge in [0.1, 0.15) is 0 Å². The van der Waals surface area contributed by atoms with Crippen LogP contribution in [-0.2, 0) is 27.1 Å². The normalized spacial score (nSPS) is 16.4. The fourth-order valence-electron chi connectivity index (χ4n) is 10.8. The summed E-state index contributed by atoms with van der Waals surface area (Å²) in [6.45, 7) is 33.0. The Kier molecular flexibility index (Phi) is 9.30. The fourth-order valence-corrected chi connectivity index (χ4v) is 12.1. The van der Waals surface area contributed by atoms with Gasteiger partial charge < -0.3 is 9.80 Å². The molecule has 0 unspecified atom stereocenters. The Labute approximate surface area is 382 Å². The van der Waals surface area contributed by atoms with Crippen molar-refractivity contribution in [2.24, 2.45) is 0 Å². The third kappa shape index (κ3) is 6.80. The highest BCUT2D eigenvalue weighted by molar-refractivity contribution is 7.33. The number of anilines is 6. The molecule has 0 radical (unpaired) electrons. The lowest BCUT2D eigenvalue weighted by atomic mass is 9.36. The van der Waals surface area contributed by atoms with Crippen LogP contribution in [0.1, 0.15) is 136 Å². The minimum atomic E-state index is -0.00452. The molecule has 6 aromatic carbocycles. The van der Waals surface area contributed by atoms with Gasteiger partial charge in [-0.15, -0.1) is 11.3 Å². The predicted octanol–water partition coefficient (Wildman–Crippen LogP) is 15.2. The van der Waals surface area contributed by atoms with Gasteiger partial charge in [-0.1, -0.05) is 151 Å². The molecule has 0 amide bonds. The zero-order chi connectivity index (χ0) is 44.8. The van der Waals surface area contributed by atoms with Crippen LogP contribution in [0.25, 0.3) is 21.2 Å². The molecule has 0 saturated heterocycles. The molecular formula is C59H65BN2S. The van der Waals surface area contributed by atoms with Gasteiger partial charge in [-0.25, -0.2) is 0 Å². The van der Waals surface area contributed by atoms with E-state index in [9.17, 15) is 0 Å². The van der Waals surface area contributed by atoms with E-state index < -0.39 is 0 Å². The predicted molar refractivity (Wildman–Crippen MR) is 277 cm³/mol. The molecule has 0 bridgehead atoms. The number of fused-ring (bicyclic) bond motifs is 7. The first-order valence-electron chi connectivity index (χ1n) is 23.3. The molecule has 10 rings (SSSR count). The standard InChI is InChI=1S/C59H65BN2S/c1-36-31-49-52-50(32-36)62(43-25-26-45-46(35-43)59(13,14)30-29-58(45,11)12)53-44-33-38(37-15-18-39(19-16-37)55(2,3)4)17-28-51(44)63-54(53)60(52)47-34-41(57(8,9)10)22-27-48(47)61(49)42-23-20-40(21-24-42)56(5,6)7/h15-28,31-35H,29-30H2,1-14H3. The van der Waals surface area contributed by atoms with E-state index in [0.717, 1.165) is 0 Å². The molecule has 63 heavy (non-hydrogen) atoms. The van der Waals surface area contributed by atoms with Crippen molar-refractivity contribution in [3.8, 4) is 11.1 Å². The number of thiophene rings is 1. The second-order valence-corrected chi connectivity index (χ2v) is 24.6. The van der Waals surface area contributed by atoms with Gasteiger partial charge in [0.05, 0.1) is 5.69 Å². The Morgan fingerprint density at radius 1 is 0.508 bits per heavy atom. The van der Waals surface area contributed by atoms with Crippen LogP contribution < -0.4 is 25.5 Å². The van der Waals surface area contributed by atoms with E-state index in [1.807, 2.05) is 11.3 Å². The summed E-state index contributed by atoms with van der Waals surface area (Å²) in [7, 11) is 0. The molecule has 7 aromatic rings. The smallest absolute Gasteiger partial charge is 0.264 e. The summed E-state index contributed by atoms with van der Waals surface area (Å²) in [4.78, 5) is 5.26. The highest BCUT2D eigenvalue weighted by Gasteiger charge is 2.46. The topological polar surface area (TPSA) is 6.48 Å². The summed E-state index contributed by atoms with van der Waals surface area (Å²) < 4.78 is 2.76. The first kappa shape index (κ1) is 41.9. The monoisotopic (exact) mass is 844 g/mol. The average molecular weight is 845 g/mol. The number of rotatable bonds is 3. The van der Waals surface area contributed by atoms with Gasteiger partial charge in [0.2, 0.25) is 0 Å². The van der Waals surface area contributed by atoms with E-state index >= 15 is 0 Å². The molecule has 0 saturated carbocycles. The average Bonchev–Trinajstić information content (AvgIpc) is 3.59. The van der Waals surface area contributed by atoms with Crippen molar-refractivity contribution in [1.29, 1.82) is 0 Å². The number of aryl methyl sites for hydroxylation is 1. The van der Waals surface area contributed by atoms with Gasteiger partial charge >= 0.3 is 0 Å². The molecule has 1 aromatic heterocycles.